The summed E-state index contributed by atoms with van der Waals surface area (Å²) in [5.41, 5.74) is 0. The Labute approximate surface area is 205 Å². The van der Waals surface area contributed by atoms with Gasteiger partial charge in [-0.3, -0.25) is 14.9 Å². The van der Waals surface area contributed by atoms with Gasteiger partial charge < -0.3 is 23.0 Å². The van der Waals surface area contributed by atoms with Crippen LogP contribution in [0.2, 0.25) is 78.6 Å². The van der Waals surface area contributed by atoms with Crippen molar-refractivity contribution in [3.05, 3.63) is 10.1 Å². The molecule has 0 aliphatic carbocycles. The van der Waals surface area contributed by atoms with Gasteiger partial charge in [-0.2, -0.15) is 0 Å². The molecule has 196 valence electrons. The van der Waals surface area contributed by atoms with Crippen LogP contribution in [-0.4, -0.2) is 81.6 Å². The summed E-state index contributed by atoms with van der Waals surface area (Å²) in [4.78, 5) is 23.2. The van der Waals surface area contributed by atoms with Gasteiger partial charge in [-0.05, 0) is 78.6 Å². The van der Waals surface area contributed by atoms with Crippen LogP contribution < -0.4 is 5.32 Å². The van der Waals surface area contributed by atoms with E-state index in [9.17, 15) is 14.9 Å². The first-order valence-corrected chi connectivity index (χ1v) is 25.2. The lowest BCUT2D eigenvalue weighted by molar-refractivity contribution is -0.485. The van der Waals surface area contributed by atoms with Crippen LogP contribution in [0.3, 0.4) is 0 Å². The summed E-state index contributed by atoms with van der Waals surface area (Å²) < 4.78 is 26.0. The molecule has 9 nitrogen and oxygen atoms in total. The fourth-order valence-corrected chi connectivity index (χ4v) is 7.18. The van der Waals surface area contributed by atoms with Gasteiger partial charge in [0.2, 0.25) is 12.5 Å². The highest BCUT2D eigenvalue weighted by Crippen LogP contribution is 2.26. The Morgan fingerprint density at radius 1 is 0.788 bits per heavy atom. The van der Waals surface area contributed by atoms with Gasteiger partial charge in [-0.1, -0.05) is 0 Å². The zero-order chi connectivity index (χ0) is 26.4. The molecule has 1 amide bonds. The summed E-state index contributed by atoms with van der Waals surface area (Å²) >= 11 is 0. The normalized spacial score (nSPS) is 17.2. The molecule has 0 heterocycles. The van der Waals surface area contributed by atoms with Crippen LogP contribution in [0.5, 0.6) is 0 Å². The molecule has 0 fully saturated rings. The maximum absolute atomic E-state index is 12.0. The first-order valence-electron chi connectivity index (χ1n) is 11.6. The van der Waals surface area contributed by atoms with Crippen molar-refractivity contribution in [3.8, 4) is 0 Å². The molecule has 0 spiro atoms. The Kier molecular flexibility index (Phi) is 12.4. The van der Waals surface area contributed by atoms with Crippen LogP contribution in [0.1, 0.15) is 6.92 Å². The quantitative estimate of drug-likeness (QED) is 0.187. The van der Waals surface area contributed by atoms with Crippen molar-refractivity contribution in [1.82, 2.24) is 5.32 Å². The molecule has 4 atom stereocenters. The van der Waals surface area contributed by atoms with Crippen LogP contribution in [0.25, 0.3) is 0 Å². The van der Waals surface area contributed by atoms with Crippen LogP contribution in [0, 0.1) is 10.1 Å². The van der Waals surface area contributed by atoms with Gasteiger partial charge in [0.15, 0.2) is 33.3 Å². The second kappa shape index (κ2) is 12.5. The minimum absolute atomic E-state index is 0.311. The number of nitro groups is 1. The van der Waals surface area contributed by atoms with Crippen molar-refractivity contribution < 1.29 is 27.4 Å². The number of carbonyl (C=O) groups is 1. The van der Waals surface area contributed by atoms with E-state index in [1.807, 2.05) is 19.6 Å². The molecule has 0 aromatic carbocycles. The Balaban J connectivity index is 6.64. The highest BCUT2D eigenvalue weighted by atomic mass is 28.4. The molecule has 0 aromatic rings. The fraction of sp³-hybridized carbons (Fsp3) is 0.950. The molecule has 0 aliphatic rings. The summed E-state index contributed by atoms with van der Waals surface area (Å²) in [5.74, 6) is -0.348. The molecule has 0 aromatic heterocycles. The smallest absolute Gasteiger partial charge is 0.226 e. The van der Waals surface area contributed by atoms with Crippen LogP contribution in [0.4, 0.5) is 0 Å². The summed E-state index contributed by atoms with van der Waals surface area (Å²) in [7, 11) is -8.29. The Morgan fingerprint density at radius 2 is 1.21 bits per heavy atom. The largest absolute Gasteiger partial charge is 0.415 e. The standard InChI is InChI=1S/C20H48N2O7Si4/c1-16(23)21-17(14-22(24)25)19(28-32(8,9)10)20(29-33(11,12)13)18(27-31(5,6)7)15-26-30(2,3)4/h17-20H,14-15H2,1-13H3,(H,21,23)/t17-,18-,19-,20-/m1/s1. The minimum atomic E-state index is -2.20. The zero-order valence-electron chi connectivity index (χ0n) is 23.0. The minimum Gasteiger partial charge on any atom is -0.415 e. The number of amides is 1. The second-order valence-electron chi connectivity index (χ2n) is 12.4. The number of hydrogen-bond donors (Lipinski definition) is 1. The average molecular weight is 541 g/mol. The maximum atomic E-state index is 12.0. The lowest BCUT2D eigenvalue weighted by atomic mass is 10.0. The van der Waals surface area contributed by atoms with Gasteiger partial charge in [-0.25, -0.2) is 0 Å². The van der Waals surface area contributed by atoms with Gasteiger partial charge in [0.1, 0.15) is 6.04 Å². The van der Waals surface area contributed by atoms with Crippen molar-refractivity contribution >= 4 is 39.2 Å². The van der Waals surface area contributed by atoms with E-state index in [4.69, 9.17) is 17.7 Å². The molecule has 0 radical (unpaired) electrons. The monoisotopic (exact) mass is 540 g/mol. The third-order valence-electron chi connectivity index (χ3n) is 3.99. The number of rotatable bonds is 15. The predicted octanol–water partition coefficient (Wildman–Crippen LogP) is 4.28. The first-order chi connectivity index (χ1) is 14.5. The lowest BCUT2D eigenvalue weighted by Crippen LogP contribution is -2.62. The van der Waals surface area contributed by atoms with Gasteiger partial charge in [0, 0.05) is 11.8 Å². The molecule has 13 heteroatoms. The molecular formula is C20H48N2O7Si4. The van der Waals surface area contributed by atoms with Crippen molar-refractivity contribution in [1.29, 1.82) is 0 Å². The number of nitrogens with zero attached hydrogens (tertiary/aromatic N) is 1. The SMILES string of the molecule is CC(=O)N[C@H](C[N+](=O)[O-])[C@@H](O[Si](C)(C)C)[C@H](O[Si](C)(C)C)[C@@H](CO[Si](C)(C)C)O[Si](C)(C)C. The molecular weight excluding hydrogens is 493 g/mol. The second-order valence-corrected chi connectivity index (χ2v) is 30.3. The average Bonchev–Trinajstić information content (AvgIpc) is 2.49. The first kappa shape index (κ1) is 32.6. The summed E-state index contributed by atoms with van der Waals surface area (Å²) in [5, 5.41) is 14.3. The lowest BCUT2D eigenvalue weighted by Gasteiger charge is -2.44. The molecule has 33 heavy (non-hydrogen) atoms. The van der Waals surface area contributed by atoms with E-state index < -0.39 is 69.1 Å². The van der Waals surface area contributed by atoms with Crippen molar-refractivity contribution in [2.24, 2.45) is 0 Å². The van der Waals surface area contributed by atoms with E-state index in [1.165, 1.54) is 6.92 Å². The predicted molar refractivity (Wildman–Crippen MR) is 143 cm³/mol. The van der Waals surface area contributed by atoms with E-state index in [0.717, 1.165) is 0 Å². The van der Waals surface area contributed by atoms with Crippen molar-refractivity contribution in [3.63, 3.8) is 0 Å². The van der Waals surface area contributed by atoms with Crippen molar-refractivity contribution in [2.45, 2.75) is 110 Å². The van der Waals surface area contributed by atoms with Gasteiger partial charge in [0.05, 0.1) is 24.9 Å². The third-order valence-corrected chi connectivity index (χ3v) is 7.99. The Bertz CT molecular complexity index is 624. The number of nitrogens with one attached hydrogen (secondary N) is 1. The van der Waals surface area contributed by atoms with Crippen LogP contribution in [-0.2, 0) is 22.5 Å². The third kappa shape index (κ3) is 16.8. The van der Waals surface area contributed by atoms with Crippen LogP contribution in [0.15, 0.2) is 0 Å². The van der Waals surface area contributed by atoms with E-state index in [0.29, 0.717) is 6.61 Å². The molecule has 0 unspecified atom stereocenters. The highest BCUT2D eigenvalue weighted by Gasteiger charge is 2.45. The zero-order valence-corrected chi connectivity index (χ0v) is 27.0. The number of hydrogen-bond acceptors (Lipinski definition) is 7. The summed E-state index contributed by atoms with van der Waals surface area (Å²) in [6.07, 6.45) is -1.84. The molecule has 0 aliphatic heterocycles. The Morgan fingerprint density at radius 3 is 1.55 bits per heavy atom. The Hall–Kier alpha value is -0.422. The highest BCUT2D eigenvalue weighted by molar-refractivity contribution is 6.71. The van der Waals surface area contributed by atoms with Gasteiger partial charge in [-0.15, -0.1) is 0 Å². The fourth-order valence-electron chi connectivity index (χ4n) is 3.18. The van der Waals surface area contributed by atoms with Gasteiger partial charge >= 0.3 is 0 Å². The molecule has 0 rings (SSSR count). The van der Waals surface area contributed by atoms with E-state index in [2.05, 4.69) is 64.2 Å². The van der Waals surface area contributed by atoms with Gasteiger partial charge in [0.25, 0.3) is 0 Å². The summed E-state index contributed by atoms with van der Waals surface area (Å²) in [6.45, 7) is 26.1. The van der Waals surface area contributed by atoms with Crippen LogP contribution >= 0.6 is 0 Å². The molecule has 0 saturated carbocycles. The molecule has 0 saturated heterocycles. The van der Waals surface area contributed by atoms with Crippen molar-refractivity contribution in [2.75, 3.05) is 13.2 Å². The van der Waals surface area contributed by atoms with E-state index >= 15 is 0 Å². The van der Waals surface area contributed by atoms with E-state index in [1.54, 1.807) is 0 Å². The topological polar surface area (TPSA) is 109 Å². The summed E-state index contributed by atoms with van der Waals surface area (Å²) in [6, 6.07) is -0.856. The molecule has 1 N–H and O–H groups in total. The molecule has 0 bridgehead atoms. The van der Waals surface area contributed by atoms with E-state index in [-0.39, 0.29) is 5.91 Å². The maximum Gasteiger partial charge on any atom is 0.226 e. The number of carbonyl (C=O) groups excluding carboxylic acids is 1.